The molecule has 2 rings (SSSR count). The SMILES string of the molecule is CC(C)N(CC[C@H](c1ccccc1)c1cc(CO)ccc1O)C(C)C.CCCCCCCCCCCC(=O)O. The Morgan fingerprint density at radius 1 is 0.821 bits per heavy atom. The molecule has 3 N–H and O–H groups in total. The van der Waals surface area contributed by atoms with Crippen molar-refractivity contribution in [2.24, 2.45) is 0 Å². The number of nitrogens with zero attached hydrogens (tertiary/aromatic N) is 1. The van der Waals surface area contributed by atoms with Crippen LogP contribution in [0.5, 0.6) is 5.75 Å². The standard InChI is InChI=1S/C22H31NO2.C12H24O2/c1-16(2)23(17(3)4)13-12-20(19-8-6-5-7-9-19)21-14-18(15-24)10-11-22(21)25;1-2-3-4-5-6-7-8-9-10-11-12(13)14/h5-11,14,16-17,20,24-25H,12-13,15H2,1-4H3;2-11H2,1H3,(H,13,14)/t20-;/m1./s1. The topological polar surface area (TPSA) is 81.0 Å². The van der Waals surface area contributed by atoms with Gasteiger partial charge in [0.2, 0.25) is 0 Å². The Morgan fingerprint density at radius 2 is 1.38 bits per heavy atom. The molecule has 0 aromatic heterocycles. The van der Waals surface area contributed by atoms with Gasteiger partial charge in [0.05, 0.1) is 6.61 Å². The number of benzene rings is 2. The van der Waals surface area contributed by atoms with Crippen molar-refractivity contribution in [3.63, 3.8) is 0 Å². The third-order valence-electron chi connectivity index (χ3n) is 7.35. The predicted octanol–water partition coefficient (Wildman–Crippen LogP) is 8.52. The highest BCUT2D eigenvalue weighted by Gasteiger charge is 2.21. The number of aliphatic hydroxyl groups is 1. The molecule has 5 nitrogen and oxygen atoms in total. The van der Waals surface area contributed by atoms with Crippen molar-refractivity contribution in [2.45, 2.75) is 130 Å². The average Bonchev–Trinajstić information content (AvgIpc) is 2.91. The first-order chi connectivity index (χ1) is 18.7. The van der Waals surface area contributed by atoms with Crippen LogP contribution in [0.1, 0.15) is 128 Å². The lowest BCUT2D eigenvalue weighted by atomic mass is 9.86. The number of unbranched alkanes of at least 4 members (excludes halogenated alkanes) is 8. The number of phenols is 1. The number of aromatic hydroxyl groups is 1. The molecule has 0 aliphatic rings. The van der Waals surface area contributed by atoms with Crippen LogP contribution in [-0.2, 0) is 11.4 Å². The van der Waals surface area contributed by atoms with Crippen molar-refractivity contribution in [1.29, 1.82) is 0 Å². The Kier molecular flexibility index (Phi) is 18.2. The molecule has 0 heterocycles. The maximum Gasteiger partial charge on any atom is 0.303 e. The van der Waals surface area contributed by atoms with Crippen molar-refractivity contribution >= 4 is 5.97 Å². The molecule has 39 heavy (non-hydrogen) atoms. The fraction of sp³-hybridized carbons (Fsp3) is 0.618. The number of carbonyl (C=O) groups is 1. The largest absolute Gasteiger partial charge is 0.508 e. The molecule has 0 saturated heterocycles. The van der Waals surface area contributed by atoms with Crippen molar-refractivity contribution in [2.75, 3.05) is 6.54 Å². The van der Waals surface area contributed by atoms with Crippen LogP contribution in [0.4, 0.5) is 0 Å². The molecule has 0 unspecified atom stereocenters. The van der Waals surface area contributed by atoms with E-state index in [1.54, 1.807) is 12.1 Å². The van der Waals surface area contributed by atoms with Gasteiger partial charge in [-0.15, -0.1) is 0 Å². The monoisotopic (exact) mass is 541 g/mol. The van der Waals surface area contributed by atoms with Crippen LogP contribution >= 0.6 is 0 Å². The summed E-state index contributed by atoms with van der Waals surface area (Å²) in [6, 6.07) is 16.7. The van der Waals surface area contributed by atoms with Crippen LogP contribution in [0, 0.1) is 0 Å². The molecule has 0 aliphatic carbocycles. The van der Waals surface area contributed by atoms with E-state index in [-0.39, 0.29) is 12.5 Å². The first kappa shape index (κ1) is 34.7. The maximum absolute atomic E-state index is 10.5. The van der Waals surface area contributed by atoms with Crippen LogP contribution in [0.25, 0.3) is 0 Å². The van der Waals surface area contributed by atoms with Crippen LogP contribution in [0.2, 0.25) is 0 Å². The molecule has 0 aliphatic heterocycles. The second-order valence-electron chi connectivity index (χ2n) is 11.2. The zero-order valence-electron chi connectivity index (χ0n) is 25.2. The van der Waals surface area contributed by atoms with E-state index >= 15 is 0 Å². The van der Waals surface area contributed by atoms with Gasteiger partial charge in [0.1, 0.15) is 5.75 Å². The summed E-state index contributed by atoms with van der Waals surface area (Å²) in [5.74, 6) is -0.257. The molecule has 220 valence electrons. The Balaban J connectivity index is 0.000000464. The summed E-state index contributed by atoms with van der Waals surface area (Å²) in [6.07, 6.45) is 12.4. The number of hydrogen-bond acceptors (Lipinski definition) is 4. The first-order valence-corrected chi connectivity index (χ1v) is 15.2. The van der Waals surface area contributed by atoms with E-state index in [9.17, 15) is 15.0 Å². The molecule has 0 bridgehead atoms. The van der Waals surface area contributed by atoms with Crippen LogP contribution in [0.3, 0.4) is 0 Å². The second kappa shape index (κ2) is 20.5. The summed E-state index contributed by atoms with van der Waals surface area (Å²) in [7, 11) is 0. The molecule has 0 radical (unpaired) electrons. The summed E-state index contributed by atoms with van der Waals surface area (Å²) >= 11 is 0. The average molecular weight is 542 g/mol. The number of rotatable bonds is 18. The van der Waals surface area contributed by atoms with Gasteiger partial charge in [0.25, 0.3) is 0 Å². The van der Waals surface area contributed by atoms with Crippen LogP contribution < -0.4 is 0 Å². The quantitative estimate of drug-likeness (QED) is 0.165. The molecule has 2 aromatic carbocycles. The number of carboxylic acid groups (broad SMARTS) is 1. The lowest BCUT2D eigenvalue weighted by molar-refractivity contribution is -0.137. The van der Waals surface area contributed by atoms with E-state index in [2.05, 4.69) is 51.7 Å². The summed E-state index contributed by atoms with van der Waals surface area (Å²) in [6.45, 7) is 12.1. The van der Waals surface area contributed by atoms with E-state index in [0.29, 0.717) is 24.3 Å². The zero-order valence-corrected chi connectivity index (χ0v) is 25.2. The highest BCUT2D eigenvalue weighted by molar-refractivity contribution is 5.66. The van der Waals surface area contributed by atoms with Gasteiger partial charge in [0, 0.05) is 30.0 Å². The van der Waals surface area contributed by atoms with Gasteiger partial charge in [-0.25, -0.2) is 0 Å². The van der Waals surface area contributed by atoms with Crippen LogP contribution in [0.15, 0.2) is 48.5 Å². The number of phenolic OH excluding ortho intramolecular Hbond substituents is 1. The zero-order chi connectivity index (χ0) is 29.0. The number of hydrogen-bond donors (Lipinski definition) is 3. The molecular weight excluding hydrogens is 486 g/mol. The lowest BCUT2D eigenvalue weighted by Gasteiger charge is -2.32. The number of carboxylic acids is 1. The summed E-state index contributed by atoms with van der Waals surface area (Å²) < 4.78 is 0. The van der Waals surface area contributed by atoms with E-state index in [1.165, 1.54) is 50.5 Å². The fourth-order valence-electron chi connectivity index (χ4n) is 5.15. The van der Waals surface area contributed by atoms with Crippen LogP contribution in [-0.4, -0.2) is 44.8 Å². The molecule has 0 fully saturated rings. The third-order valence-corrected chi connectivity index (χ3v) is 7.35. The van der Waals surface area contributed by atoms with E-state index in [4.69, 9.17) is 5.11 Å². The maximum atomic E-state index is 10.5. The van der Waals surface area contributed by atoms with Gasteiger partial charge in [-0.1, -0.05) is 94.7 Å². The Hall–Kier alpha value is -2.37. The summed E-state index contributed by atoms with van der Waals surface area (Å²) in [4.78, 5) is 12.7. The van der Waals surface area contributed by atoms with Gasteiger partial charge in [-0.05, 0) is 70.3 Å². The van der Waals surface area contributed by atoms with Crippen molar-refractivity contribution in [3.8, 4) is 5.75 Å². The Bertz CT molecular complexity index is 889. The highest BCUT2D eigenvalue weighted by atomic mass is 16.4. The second-order valence-corrected chi connectivity index (χ2v) is 11.2. The normalized spacial score (nSPS) is 12.0. The van der Waals surface area contributed by atoms with Crippen molar-refractivity contribution in [1.82, 2.24) is 4.90 Å². The number of aliphatic hydroxyl groups excluding tert-OH is 1. The molecule has 1 atom stereocenters. The molecule has 0 spiro atoms. The van der Waals surface area contributed by atoms with Gasteiger partial charge in [-0.3, -0.25) is 9.69 Å². The van der Waals surface area contributed by atoms with Crippen molar-refractivity contribution in [3.05, 3.63) is 65.2 Å². The Morgan fingerprint density at radius 3 is 1.90 bits per heavy atom. The third kappa shape index (κ3) is 14.5. The number of aliphatic carboxylic acids is 1. The van der Waals surface area contributed by atoms with E-state index < -0.39 is 5.97 Å². The fourth-order valence-corrected chi connectivity index (χ4v) is 5.15. The van der Waals surface area contributed by atoms with E-state index in [0.717, 1.165) is 36.9 Å². The molecular formula is C34H55NO4. The summed E-state index contributed by atoms with van der Waals surface area (Å²) in [5, 5.41) is 28.3. The smallest absolute Gasteiger partial charge is 0.303 e. The predicted molar refractivity (Wildman–Crippen MR) is 163 cm³/mol. The Labute approximate surface area is 238 Å². The van der Waals surface area contributed by atoms with Gasteiger partial charge >= 0.3 is 5.97 Å². The minimum absolute atomic E-state index is 0.0150. The van der Waals surface area contributed by atoms with Crippen molar-refractivity contribution < 1.29 is 20.1 Å². The lowest BCUT2D eigenvalue weighted by Crippen LogP contribution is -2.38. The molecule has 2 aromatic rings. The highest BCUT2D eigenvalue weighted by Crippen LogP contribution is 2.35. The van der Waals surface area contributed by atoms with E-state index in [1.807, 2.05) is 24.3 Å². The minimum Gasteiger partial charge on any atom is -0.508 e. The van der Waals surface area contributed by atoms with Gasteiger partial charge in [0.15, 0.2) is 0 Å². The molecule has 5 heteroatoms. The molecule has 0 saturated carbocycles. The summed E-state index contributed by atoms with van der Waals surface area (Å²) in [5.41, 5.74) is 2.92. The first-order valence-electron chi connectivity index (χ1n) is 15.2. The molecule has 0 amide bonds. The minimum atomic E-state index is -0.659. The van der Waals surface area contributed by atoms with Gasteiger partial charge < -0.3 is 15.3 Å². The van der Waals surface area contributed by atoms with Gasteiger partial charge in [-0.2, -0.15) is 0 Å².